The van der Waals surface area contributed by atoms with Gasteiger partial charge < -0.3 is 9.64 Å². The highest BCUT2D eigenvalue weighted by atomic mass is 35.5. The van der Waals surface area contributed by atoms with Crippen molar-refractivity contribution in [1.29, 1.82) is 5.26 Å². The first-order valence-electron chi connectivity index (χ1n) is 7.82. The molecule has 13 heteroatoms. The van der Waals surface area contributed by atoms with E-state index in [0.717, 1.165) is 16.8 Å². The van der Waals surface area contributed by atoms with Crippen molar-refractivity contribution in [3.8, 4) is 17.5 Å². The first-order valence-corrected chi connectivity index (χ1v) is 8.57. The zero-order valence-electron chi connectivity index (χ0n) is 15.3. The van der Waals surface area contributed by atoms with Gasteiger partial charge in [0.05, 0.1) is 21.9 Å². The van der Waals surface area contributed by atoms with Gasteiger partial charge in [-0.25, -0.2) is 18.5 Å². The van der Waals surface area contributed by atoms with Crippen molar-refractivity contribution in [2.45, 2.75) is 12.8 Å². The van der Waals surface area contributed by atoms with Crippen molar-refractivity contribution in [3.05, 3.63) is 40.0 Å². The minimum Gasteiger partial charge on any atom is -0.406 e. The topological polar surface area (TPSA) is 66.4 Å². The summed E-state index contributed by atoms with van der Waals surface area (Å²) >= 11 is 12.1. The average molecular weight is 468 g/mol. The Kier molecular flexibility index (Phi) is 6.95. The maximum Gasteiger partial charge on any atom is 0.573 e. The molecular weight excluding hydrogens is 456 g/mol. The summed E-state index contributed by atoms with van der Waals surface area (Å²) in [4.78, 5) is 5.52. The van der Waals surface area contributed by atoms with Crippen molar-refractivity contribution >= 4 is 40.9 Å². The Morgan fingerprint density at radius 3 is 2.33 bits per heavy atom. The quantitative estimate of drug-likeness (QED) is 0.322. The van der Waals surface area contributed by atoms with Crippen LogP contribution >= 0.6 is 23.2 Å². The van der Waals surface area contributed by atoms with Gasteiger partial charge in [-0.2, -0.15) is 10.4 Å². The SMILES string of the molecule is C=C(c1c(C#N)nn(-c2c(Cl)cc(OC(F)(F)F)cc2Cl)c1/N=C\N(C)C)C(F)F. The zero-order chi connectivity index (χ0) is 22.8. The Morgan fingerprint density at radius 2 is 1.90 bits per heavy atom. The molecule has 0 aliphatic carbocycles. The third kappa shape index (κ3) is 5.20. The third-order valence-electron chi connectivity index (χ3n) is 3.40. The largest absolute Gasteiger partial charge is 0.573 e. The van der Waals surface area contributed by atoms with Gasteiger partial charge in [-0.1, -0.05) is 29.8 Å². The molecule has 0 saturated carbocycles. The lowest BCUT2D eigenvalue weighted by atomic mass is 10.1. The molecule has 1 heterocycles. The van der Waals surface area contributed by atoms with Crippen molar-refractivity contribution in [3.63, 3.8) is 0 Å². The molecule has 0 saturated heterocycles. The van der Waals surface area contributed by atoms with Gasteiger partial charge in [-0.05, 0) is 0 Å². The van der Waals surface area contributed by atoms with E-state index in [9.17, 15) is 27.2 Å². The number of aliphatic imine (C=N–C) groups is 1. The maximum absolute atomic E-state index is 13.3. The van der Waals surface area contributed by atoms with E-state index in [1.165, 1.54) is 11.2 Å². The fourth-order valence-corrected chi connectivity index (χ4v) is 2.90. The van der Waals surface area contributed by atoms with Gasteiger partial charge >= 0.3 is 6.36 Å². The predicted molar refractivity (Wildman–Crippen MR) is 102 cm³/mol. The summed E-state index contributed by atoms with van der Waals surface area (Å²) in [7, 11) is 3.19. The molecule has 6 nitrogen and oxygen atoms in total. The van der Waals surface area contributed by atoms with E-state index in [2.05, 4.69) is 21.4 Å². The highest BCUT2D eigenvalue weighted by Crippen LogP contribution is 2.40. The number of nitriles is 1. The van der Waals surface area contributed by atoms with Gasteiger partial charge in [0.2, 0.25) is 0 Å². The molecule has 1 aromatic heterocycles. The van der Waals surface area contributed by atoms with E-state index >= 15 is 0 Å². The van der Waals surface area contributed by atoms with Gasteiger partial charge in [0.15, 0.2) is 11.5 Å². The van der Waals surface area contributed by atoms with Crippen LogP contribution in [0, 0.1) is 11.3 Å². The summed E-state index contributed by atoms with van der Waals surface area (Å²) < 4.78 is 68.7. The summed E-state index contributed by atoms with van der Waals surface area (Å²) in [5.41, 5.74) is -1.72. The van der Waals surface area contributed by atoms with Crippen molar-refractivity contribution < 1.29 is 26.7 Å². The standard InChI is InChI=1S/C17H12Cl2F5N5O/c1-8(15(20)21)13-12(6-25)27-29(16(13)26-7-28(2)3)14-10(18)4-9(5-11(14)19)30-17(22,23)24/h4-5,7,15H,1H2,2-3H3/b26-7-. The number of alkyl halides is 5. The fourth-order valence-electron chi connectivity index (χ4n) is 2.27. The number of aromatic nitrogens is 2. The van der Waals surface area contributed by atoms with Crippen LogP contribution in [0.1, 0.15) is 11.3 Å². The summed E-state index contributed by atoms with van der Waals surface area (Å²) in [6.07, 6.45) is -6.78. The number of ether oxygens (including phenoxy) is 1. The fraction of sp³-hybridized carbons (Fsp3) is 0.235. The number of hydrogen-bond donors (Lipinski definition) is 0. The first kappa shape index (κ1) is 23.4. The molecule has 0 N–H and O–H groups in total. The third-order valence-corrected chi connectivity index (χ3v) is 3.97. The molecule has 0 fully saturated rings. The average Bonchev–Trinajstić information content (AvgIpc) is 2.95. The Balaban J connectivity index is 2.78. The molecule has 0 aliphatic rings. The summed E-state index contributed by atoms with van der Waals surface area (Å²) in [5.74, 6) is -0.969. The summed E-state index contributed by atoms with van der Waals surface area (Å²) in [5, 5.41) is 12.5. The normalized spacial score (nSPS) is 11.8. The highest BCUT2D eigenvalue weighted by molar-refractivity contribution is 6.38. The van der Waals surface area contributed by atoms with Crippen LogP contribution in [0.25, 0.3) is 11.3 Å². The monoisotopic (exact) mass is 467 g/mol. The molecule has 0 bridgehead atoms. The first-order chi connectivity index (χ1) is 13.9. The molecular formula is C17H12Cl2F5N5O. The van der Waals surface area contributed by atoms with E-state index in [-0.39, 0.29) is 27.1 Å². The molecule has 1 aromatic carbocycles. The molecule has 0 amide bonds. The van der Waals surface area contributed by atoms with E-state index in [1.807, 2.05) is 0 Å². The van der Waals surface area contributed by atoms with Gasteiger partial charge in [-0.15, -0.1) is 13.2 Å². The lowest BCUT2D eigenvalue weighted by Gasteiger charge is -2.14. The van der Waals surface area contributed by atoms with Crippen LogP contribution in [-0.4, -0.2) is 47.9 Å². The summed E-state index contributed by atoms with van der Waals surface area (Å²) in [6.45, 7) is 3.27. The molecule has 2 aromatic rings. The molecule has 30 heavy (non-hydrogen) atoms. The van der Waals surface area contributed by atoms with Crippen LogP contribution in [0.3, 0.4) is 0 Å². The summed E-state index contributed by atoms with van der Waals surface area (Å²) in [6, 6.07) is 3.28. The van der Waals surface area contributed by atoms with Gasteiger partial charge in [0.1, 0.15) is 17.5 Å². The lowest BCUT2D eigenvalue weighted by Crippen LogP contribution is -2.17. The van der Waals surface area contributed by atoms with Crippen LogP contribution < -0.4 is 4.74 Å². The number of halogens is 7. The zero-order valence-corrected chi connectivity index (χ0v) is 16.8. The van der Waals surface area contributed by atoms with Crippen molar-refractivity contribution in [1.82, 2.24) is 14.7 Å². The second-order valence-corrected chi connectivity index (χ2v) is 6.70. The van der Waals surface area contributed by atoms with Crippen LogP contribution in [0.2, 0.25) is 10.0 Å². The number of hydrogen-bond acceptors (Lipinski definition) is 4. The van der Waals surface area contributed by atoms with Crippen LogP contribution in [0.5, 0.6) is 5.75 Å². The van der Waals surface area contributed by atoms with Crippen LogP contribution in [-0.2, 0) is 0 Å². The Hall–Kier alpha value is -2.84. The van der Waals surface area contributed by atoms with Crippen LogP contribution in [0.15, 0.2) is 23.7 Å². The molecule has 0 unspecified atom stereocenters. The Morgan fingerprint density at radius 1 is 1.33 bits per heavy atom. The highest BCUT2D eigenvalue weighted by Gasteiger charge is 2.32. The molecule has 160 valence electrons. The lowest BCUT2D eigenvalue weighted by molar-refractivity contribution is -0.274. The van der Waals surface area contributed by atoms with Gasteiger partial charge in [-0.3, -0.25) is 0 Å². The number of rotatable bonds is 6. The molecule has 0 spiro atoms. The Labute approximate surface area is 177 Å². The van der Waals surface area contributed by atoms with E-state index in [1.54, 1.807) is 20.2 Å². The molecule has 0 aliphatic heterocycles. The molecule has 0 atom stereocenters. The number of allylic oxidation sites excluding steroid dienone is 1. The van der Waals surface area contributed by atoms with Gasteiger partial charge in [0.25, 0.3) is 6.43 Å². The van der Waals surface area contributed by atoms with E-state index < -0.39 is 29.8 Å². The molecule has 2 rings (SSSR count). The van der Waals surface area contributed by atoms with Crippen molar-refractivity contribution in [2.24, 2.45) is 4.99 Å². The second-order valence-electron chi connectivity index (χ2n) is 5.89. The van der Waals surface area contributed by atoms with Crippen LogP contribution in [0.4, 0.5) is 27.8 Å². The predicted octanol–water partition coefficient (Wildman–Crippen LogP) is 5.45. The van der Waals surface area contributed by atoms with Crippen molar-refractivity contribution in [2.75, 3.05) is 14.1 Å². The van der Waals surface area contributed by atoms with E-state index in [0.29, 0.717) is 0 Å². The number of benzene rings is 1. The second kappa shape index (κ2) is 8.89. The number of nitrogens with zero attached hydrogens (tertiary/aromatic N) is 5. The smallest absolute Gasteiger partial charge is 0.406 e. The molecule has 0 radical (unpaired) electrons. The Bertz CT molecular complexity index is 1020. The minimum absolute atomic E-state index is 0.191. The minimum atomic E-state index is -4.99. The van der Waals surface area contributed by atoms with E-state index in [4.69, 9.17) is 23.2 Å². The van der Waals surface area contributed by atoms with Gasteiger partial charge in [0, 0.05) is 31.8 Å². The maximum atomic E-state index is 13.3.